The van der Waals surface area contributed by atoms with Crippen molar-refractivity contribution in [2.75, 3.05) is 0 Å². The Morgan fingerprint density at radius 1 is 1.06 bits per heavy atom. The van der Waals surface area contributed by atoms with Crippen molar-refractivity contribution in [3.05, 3.63) is 33.8 Å². The lowest BCUT2D eigenvalue weighted by molar-refractivity contribution is 0.651. The van der Waals surface area contributed by atoms with E-state index in [1.165, 1.54) is 12.1 Å². The van der Waals surface area contributed by atoms with Gasteiger partial charge in [-0.1, -0.05) is 11.6 Å². The summed E-state index contributed by atoms with van der Waals surface area (Å²) in [5.74, 6) is 0. The van der Waals surface area contributed by atoms with Crippen molar-refractivity contribution in [3.63, 3.8) is 0 Å². The first-order chi connectivity index (χ1) is 14.1. The van der Waals surface area contributed by atoms with Gasteiger partial charge in [-0.25, -0.2) is 0 Å². The van der Waals surface area contributed by atoms with Crippen LogP contribution in [0.5, 0.6) is 0 Å². The van der Waals surface area contributed by atoms with Gasteiger partial charge in [0.25, 0.3) is 0 Å². The minimum Gasteiger partial charge on any atom is -0.197 e. The number of hydrogen-bond donors (Lipinski definition) is 0. The van der Waals surface area contributed by atoms with Crippen LogP contribution in [0.2, 0.25) is 5.02 Å². The highest BCUT2D eigenvalue weighted by Gasteiger charge is 2.29. The average molecular weight is 275 g/mol. The van der Waals surface area contributed by atoms with E-state index in [4.69, 9.17) is 30.8 Å². The van der Waals surface area contributed by atoms with E-state index in [0.717, 1.165) is 0 Å². The van der Waals surface area contributed by atoms with Crippen LogP contribution in [0.25, 0.3) is 0 Å². The monoisotopic (exact) mass is 274 g/mol. The SMILES string of the molecule is [2H]C([2H])c1c(C(C#N)(C([2H])([2H])[2H])C([2H])([2H])[2H])cc(Cl)cc1C(C#N)(C([2H])([2H])[2H])C([2H])([2H])[2H]. The molecule has 0 bridgehead atoms. The van der Waals surface area contributed by atoms with Crippen LogP contribution in [-0.2, 0) is 10.8 Å². The molecule has 2 nitrogen and oxygen atoms in total. The first-order valence-electron chi connectivity index (χ1n) is 11.7. The summed E-state index contributed by atoms with van der Waals surface area (Å²) in [7, 11) is 0. The zero-order valence-corrected chi connectivity index (χ0v) is 9.76. The van der Waals surface area contributed by atoms with Crippen LogP contribution in [0, 0.1) is 29.5 Å². The maximum atomic E-state index is 9.75. The van der Waals surface area contributed by atoms with Gasteiger partial charge in [-0.2, -0.15) is 10.5 Å². The normalized spacial score (nSPS) is 26.2. The second kappa shape index (κ2) is 4.63. The van der Waals surface area contributed by atoms with Crippen LogP contribution in [0.3, 0.4) is 0 Å². The van der Waals surface area contributed by atoms with Gasteiger partial charge in [0.05, 0.1) is 23.0 Å². The highest BCUT2D eigenvalue weighted by Crippen LogP contribution is 2.35. The Bertz CT molecular complexity index is 856. The molecule has 1 rings (SSSR count). The summed E-state index contributed by atoms with van der Waals surface area (Å²) in [6.45, 7) is -16.9. The lowest BCUT2D eigenvalue weighted by atomic mass is 9.76. The van der Waals surface area contributed by atoms with Gasteiger partial charge in [0.15, 0.2) is 0 Å². The predicted molar refractivity (Wildman–Crippen MR) is 73.5 cm³/mol. The molecule has 0 aliphatic rings. The third-order valence-corrected chi connectivity index (χ3v) is 2.51. The Morgan fingerprint density at radius 3 is 1.78 bits per heavy atom. The summed E-state index contributed by atoms with van der Waals surface area (Å²) in [6.07, 6.45) is 0. The van der Waals surface area contributed by atoms with Crippen molar-refractivity contribution in [2.24, 2.45) is 0 Å². The van der Waals surface area contributed by atoms with Crippen LogP contribution in [0.15, 0.2) is 12.1 Å². The topological polar surface area (TPSA) is 47.6 Å². The summed E-state index contributed by atoms with van der Waals surface area (Å²) in [5, 5.41) is 18.9. The molecular weight excluding hydrogens is 244 g/mol. The molecule has 0 atom stereocenters. The fourth-order valence-electron chi connectivity index (χ4n) is 1.36. The molecule has 0 N–H and O–H groups in total. The van der Waals surface area contributed by atoms with E-state index in [9.17, 15) is 10.5 Å². The number of nitriles is 2. The molecule has 0 amide bonds. The quantitative estimate of drug-likeness (QED) is 0.809. The standard InChI is InChI=1S/C15H17ClN2/c1-10-12(14(2,3)8-17)6-11(16)7-13(10)15(4,5)9-18/h6-7H,1-5H3/i1D2,2D3,3D3,4D3,5D3. The Balaban J connectivity index is 4.56. The highest BCUT2D eigenvalue weighted by molar-refractivity contribution is 6.30. The Hall–Kier alpha value is -1.51. The van der Waals surface area contributed by atoms with Gasteiger partial charge in [0, 0.05) is 24.2 Å². The molecule has 3 heteroatoms. The highest BCUT2D eigenvalue weighted by atomic mass is 35.5. The van der Waals surface area contributed by atoms with Gasteiger partial charge in [0.2, 0.25) is 0 Å². The van der Waals surface area contributed by atoms with E-state index in [0.29, 0.717) is 12.1 Å². The van der Waals surface area contributed by atoms with Gasteiger partial charge in [-0.05, 0) is 63.1 Å². The van der Waals surface area contributed by atoms with E-state index in [2.05, 4.69) is 0 Å². The fourth-order valence-corrected chi connectivity index (χ4v) is 1.58. The minimum absolute atomic E-state index is 0.583. The molecule has 0 unspecified atom stereocenters. The van der Waals surface area contributed by atoms with E-state index in [-0.39, 0.29) is 0 Å². The van der Waals surface area contributed by atoms with E-state index in [1.807, 2.05) is 0 Å². The van der Waals surface area contributed by atoms with Gasteiger partial charge in [0.1, 0.15) is 0 Å². The number of halogens is 1. The van der Waals surface area contributed by atoms with Crippen LogP contribution >= 0.6 is 11.6 Å². The number of nitrogens with zero attached hydrogens (tertiary/aromatic N) is 2. The number of benzene rings is 1. The predicted octanol–water partition coefficient (Wildman–Crippen LogP) is 4.25. The molecule has 18 heavy (non-hydrogen) atoms. The van der Waals surface area contributed by atoms with E-state index >= 15 is 0 Å². The van der Waals surface area contributed by atoms with Gasteiger partial charge in [-0.15, -0.1) is 0 Å². The average Bonchev–Trinajstić information content (AvgIpc) is 2.50. The van der Waals surface area contributed by atoms with Crippen molar-refractivity contribution < 1.29 is 19.2 Å². The molecule has 0 radical (unpaired) electrons. The van der Waals surface area contributed by atoms with Gasteiger partial charge in [-0.3, -0.25) is 0 Å². The minimum atomic E-state index is -3.62. The molecule has 1 aromatic carbocycles. The van der Waals surface area contributed by atoms with Crippen molar-refractivity contribution in [1.29, 1.82) is 10.5 Å². The molecule has 0 aliphatic carbocycles. The van der Waals surface area contributed by atoms with Crippen LogP contribution in [0.4, 0.5) is 0 Å². The maximum absolute atomic E-state index is 9.75. The molecule has 0 saturated heterocycles. The second-order valence-electron chi connectivity index (χ2n) is 3.64. The van der Waals surface area contributed by atoms with Crippen molar-refractivity contribution in [3.8, 4) is 12.1 Å². The zero-order valence-electron chi connectivity index (χ0n) is 23.0. The Labute approximate surface area is 133 Å². The Kier molecular flexibility index (Phi) is 1.10. The van der Waals surface area contributed by atoms with Gasteiger partial charge < -0.3 is 0 Å². The molecular formula is C15H17ClN2. The number of rotatable bonds is 2. The van der Waals surface area contributed by atoms with E-state index in [1.54, 1.807) is 0 Å². The second-order valence-corrected chi connectivity index (χ2v) is 4.07. The van der Waals surface area contributed by atoms with Crippen molar-refractivity contribution in [1.82, 2.24) is 0 Å². The van der Waals surface area contributed by atoms with Crippen LogP contribution in [0.1, 0.15) is 63.3 Å². The summed E-state index contributed by atoms with van der Waals surface area (Å²) in [4.78, 5) is 0. The summed E-state index contributed by atoms with van der Waals surface area (Å²) >= 11 is 5.98. The zero-order chi connectivity index (χ0) is 25.7. The maximum Gasteiger partial charge on any atom is 0.0769 e. The lowest BCUT2D eigenvalue weighted by Gasteiger charge is -2.26. The van der Waals surface area contributed by atoms with Crippen molar-refractivity contribution in [2.45, 2.75) is 45.1 Å². The van der Waals surface area contributed by atoms with E-state index < -0.39 is 66.8 Å². The lowest BCUT2D eigenvalue weighted by Crippen LogP contribution is -2.21. The molecule has 0 heterocycles. The molecule has 0 aliphatic heterocycles. The summed E-state index contributed by atoms with van der Waals surface area (Å²) < 4.78 is 109. The summed E-state index contributed by atoms with van der Waals surface area (Å²) in [6, 6.07) is 3.72. The Morgan fingerprint density at radius 2 is 1.50 bits per heavy atom. The third-order valence-electron chi connectivity index (χ3n) is 2.29. The number of hydrogen-bond acceptors (Lipinski definition) is 2. The molecule has 0 saturated carbocycles. The molecule has 0 fully saturated rings. The summed E-state index contributed by atoms with van der Waals surface area (Å²) in [5.41, 5.74) is -9.92. The first-order valence-corrected chi connectivity index (χ1v) is 4.96. The smallest absolute Gasteiger partial charge is 0.0769 e. The molecule has 0 spiro atoms. The van der Waals surface area contributed by atoms with Gasteiger partial charge >= 0.3 is 0 Å². The fraction of sp³-hybridized carbons (Fsp3) is 0.467. The van der Waals surface area contributed by atoms with Crippen molar-refractivity contribution >= 4 is 11.6 Å². The first kappa shape index (κ1) is 4.26. The molecule has 94 valence electrons. The molecule has 1 aromatic rings. The van der Waals surface area contributed by atoms with Crippen LogP contribution < -0.4 is 0 Å². The third kappa shape index (κ3) is 2.50. The molecule has 0 aromatic heterocycles. The largest absolute Gasteiger partial charge is 0.197 e. The van der Waals surface area contributed by atoms with Crippen LogP contribution in [-0.4, -0.2) is 0 Å².